The van der Waals surface area contributed by atoms with Gasteiger partial charge in [-0.1, -0.05) is 6.42 Å². The molecule has 2 fully saturated rings. The number of nitrogens with two attached hydrogens (primary N) is 1. The summed E-state index contributed by atoms with van der Waals surface area (Å²) in [6, 6.07) is 0.629. The van der Waals surface area contributed by atoms with Gasteiger partial charge in [-0.05, 0) is 32.4 Å². The Balaban J connectivity index is 1.82. The van der Waals surface area contributed by atoms with Crippen LogP contribution in [0, 0.1) is 0 Å². The van der Waals surface area contributed by atoms with Crippen molar-refractivity contribution in [1.82, 2.24) is 9.80 Å². The number of rotatable bonds is 3. The summed E-state index contributed by atoms with van der Waals surface area (Å²) in [6.45, 7) is 4.78. The number of piperazine rings is 1. The highest BCUT2D eigenvalue weighted by molar-refractivity contribution is 5.76. The van der Waals surface area contributed by atoms with Crippen molar-refractivity contribution < 1.29 is 4.79 Å². The Morgan fingerprint density at radius 3 is 2.94 bits per heavy atom. The molecule has 0 bridgehead atoms. The highest BCUT2D eigenvalue weighted by atomic mass is 16.2. The van der Waals surface area contributed by atoms with Gasteiger partial charge in [0.2, 0.25) is 5.91 Å². The Labute approximate surface area is 97.8 Å². The first-order valence-electron chi connectivity index (χ1n) is 6.53. The molecule has 0 aromatic rings. The van der Waals surface area contributed by atoms with E-state index in [1.165, 1.54) is 25.8 Å². The van der Waals surface area contributed by atoms with Gasteiger partial charge in [0.05, 0.1) is 0 Å². The minimum absolute atomic E-state index is 0.302. The number of carbonyl (C=O) groups excluding carboxylic acids is 1. The van der Waals surface area contributed by atoms with Crippen LogP contribution >= 0.6 is 0 Å². The zero-order valence-electron chi connectivity index (χ0n) is 10.0. The molecule has 0 saturated carbocycles. The fourth-order valence-corrected chi connectivity index (χ4v) is 2.79. The minimum atomic E-state index is 0.302. The topological polar surface area (TPSA) is 49.6 Å². The first-order chi connectivity index (χ1) is 7.81. The second kappa shape index (κ2) is 5.64. The van der Waals surface area contributed by atoms with Crippen LogP contribution in [-0.2, 0) is 4.79 Å². The number of hydrogen-bond donors (Lipinski definition) is 1. The summed E-state index contributed by atoms with van der Waals surface area (Å²) >= 11 is 0. The average Bonchev–Trinajstić information content (AvgIpc) is 2.35. The van der Waals surface area contributed by atoms with Crippen LogP contribution in [0.25, 0.3) is 0 Å². The SMILES string of the molecule is NCCCC(=O)N1CCN2CCCCC2C1. The number of piperidine rings is 1. The number of nitrogens with zero attached hydrogens (tertiary/aromatic N) is 2. The van der Waals surface area contributed by atoms with Gasteiger partial charge in [-0.2, -0.15) is 0 Å². The van der Waals surface area contributed by atoms with Crippen LogP contribution in [0.1, 0.15) is 32.1 Å². The molecule has 2 heterocycles. The Bertz CT molecular complexity index is 244. The van der Waals surface area contributed by atoms with Crippen LogP contribution < -0.4 is 5.73 Å². The van der Waals surface area contributed by atoms with Crippen LogP contribution in [0.4, 0.5) is 0 Å². The predicted octanol–water partition coefficient (Wildman–Crippen LogP) is 0.422. The quantitative estimate of drug-likeness (QED) is 0.757. The Morgan fingerprint density at radius 1 is 1.25 bits per heavy atom. The number of amides is 1. The molecule has 0 aromatic carbocycles. The van der Waals surface area contributed by atoms with Gasteiger partial charge in [0, 0.05) is 32.1 Å². The largest absolute Gasteiger partial charge is 0.340 e. The Hall–Kier alpha value is -0.610. The molecule has 16 heavy (non-hydrogen) atoms. The summed E-state index contributed by atoms with van der Waals surface area (Å²) in [4.78, 5) is 16.5. The zero-order chi connectivity index (χ0) is 11.4. The summed E-state index contributed by atoms with van der Waals surface area (Å²) in [7, 11) is 0. The van der Waals surface area contributed by atoms with Gasteiger partial charge < -0.3 is 10.6 Å². The predicted molar refractivity (Wildman–Crippen MR) is 64.1 cm³/mol. The molecule has 1 unspecified atom stereocenters. The van der Waals surface area contributed by atoms with E-state index in [1.54, 1.807) is 0 Å². The fraction of sp³-hybridized carbons (Fsp3) is 0.917. The summed E-state index contributed by atoms with van der Waals surface area (Å²) in [5.41, 5.74) is 5.43. The third-order valence-corrected chi connectivity index (χ3v) is 3.78. The normalized spacial score (nSPS) is 26.6. The number of carbonyl (C=O) groups is 1. The van der Waals surface area contributed by atoms with E-state index in [1.807, 2.05) is 4.90 Å². The molecule has 2 aliphatic rings. The van der Waals surface area contributed by atoms with Crippen LogP contribution in [0.3, 0.4) is 0 Å². The van der Waals surface area contributed by atoms with Gasteiger partial charge in [0.25, 0.3) is 0 Å². The van der Waals surface area contributed by atoms with Crippen LogP contribution in [0.5, 0.6) is 0 Å². The molecule has 2 aliphatic heterocycles. The monoisotopic (exact) mass is 225 g/mol. The van der Waals surface area contributed by atoms with E-state index < -0.39 is 0 Å². The van der Waals surface area contributed by atoms with E-state index in [0.717, 1.165) is 26.1 Å². The summed E-state index contributed by atoms with van der Waals surface area (Å²) < 4.78 is 0. The summed E-state index contributed by atoms with van der Waals surface area (Å²) in [5.74, 6) is 0.302. The molecular formula is C12H23N3O. The molecule has 4 nitrogen and oxygen atoms in total. The highest BCUT2D eigenvalue weighted by Crippen LogP contribution is 2.21. The lowest BCUT2D eigenvalue weighted by molar-refractivity contribution is -0.134. The first kappa shape index (κ1) is 11.9. The molecule has 4 heteroatoms. The van der Waals surface area contributed by atoms with Crippen molar-refractivity contribution in [2.24, 2.45) is 5.73 Å². The van der Waals surface area contributed by atoms with E-state index in [0.29, 0.717) is 24.9 Å². The molecule has 0 spiro atoms. The summed E-state index contributed by atoms with van der Waals surface area (Å²) in [6.07, 6.45) is 5.37. The molecular weight excluding hydrogens is 202 g/mol. The lowest BCUT2D eigenvalue weighted by Crippen LogP contribution is -2.56. The third kappa shape index (κ3) is 2.74. The molecule has 2 saturated heterocycles. The molecule has 0 aliphatic carbocycles. The highest BCUT2D eigenvalue weighted by Gasteiger charge is 2.30. The van der Waals surface area contributed by atoms with Crippen LogP contribution in [0.2, 0.25) is 0 Å². The van der Waals surface area contributed by atoms with Gasteiger partial charge in [0.15, 0.2) is 0 Å². The van der Waals surface area contributed by atoms with Crippen molar-refractivity contribution in [3.05, 3.63) is 0 Å². The average molecular weight is 225 g/mol. The first-order valence-corrected chi connectivity index (χ1v) is 6.53. The van der Waals surface area contributed by atoms with Gasteiger partial charge in [0.1, 0.15) is 0 Å². The third-order valence-electron chi connectivity index (χ3n) is 3.78. The standard InChI is InChI=1S/C12H23N3O/c13-6-3-5-12(16)15-9-8-14-7-2-1-4-11(14)10-15/h11H,1-10,13H2. The van der Waals surface area contributed by atoms with E-state index in [9.17, 15) is 4.79 Å². The van der Waals surface area contributed by atoms with Crippen molar-refractivity contribution >= 4 is 5.91 Å². The van der Waals surface area contributed by atoms with Gasteiger partial charge in [-0.15, -0.1) is 0 Å². The van der Waals surface area contributed by atoms with Gasteiger partial charge in [-0.25, -0.2) is 0 Å². The number of hydrogen-bond acceptors (Lipinski definition) is 3. The second-order valence-electron chi connectivity index (χ2n) is 4.92. The maximum absolute atomic E-state index is 11.9. The molecule has 1 atom stereocenters. The van der Waals surface area contributed by atoms with Crippen molar-refractivity contribution in [3.63, 3.8) is 0 Å². The van der Waals surface area contributed by atoms with E-state index in [4.69, 9.17) is 5.73 Å². The van der Waals surface area contributed by atoms with Gasteiger partial charge >= 0.3 is 0 Å². The lowest BCUT2D eigenvalue weighted by atomic mass is 9.99. The molecule has 0 radical (unpaired) electrons. The maximum atomic E-state index is 11.9. The molecule has 2 rings (SSSR count). The zero-order valence-corrected chi connectivity index (χ0v) is 10.0. The Morgan fingerprint density at radius 2 is 2.12 bits per heavy atom. The smallest absolute Gasteiger partial charge is 0.222 e. The second-order valence-corrected chi connectivity index (χ2v) is 4.92. The van der Waals surface area contributed by atoms with E-state index >= 15 is 0 Å². The summed E-state index contributed by atoms with van der Waals surface area (Å²) in [5, 5.41) is 0. The number of fused-ring (bicyclic) bond motifs is 1. The van der Waals surface area contributed by atoms with Crippen molar-refractivity contribution in [2.45, 2.75) is 38.1 Å². The van der Waals surface area contributed by atoms with E-state index in [2.05, 4.69) is 4.90 Å². The maximum Gasteiger partial charge on any atom is 0.222 e. The molecule has 0 aromatic heterocycles. The Kier molecular flexibility index (Phi) is 4.18. The van der Waals surface area contributed by atoms with Crippen LogP contribution in [0.15, 0.2) is 0 Å². The molecule has 92 valence electrons. The fourth-order valence-electron chi connectivity index (χ4n) is 2.79. The van der Waals surface area contributed by atoms with Gasteiger partial charge in [-0.3, -0.25) is 9.69 Å². The lowest BCUT2D eigenvalue weighted by Gasteiger charge is -2.44. The van der Waals surface area contributed by atoms with Crippen molar-refractivity contribution in [1.29, 1.82) is 0 Å². The minimum Gasteiger partial charge on any atom is -0.340 e. The van der Waals surface area contributed by atoms with Crippen molar-refractivity contribution in [2.75, 3.05) is 32.7 Å². The molecule has 1 amide bonds. The molecule has 2 N–H and O–H groups in total. The van der Waals surface area contributed by atoms with Crippen LogP contribution in [-0.4, -0.2) is 54.5 Å². The van der Waals surface area contributed by atoms with E-state index in [-0.39, 0.29) is 0 Å². The van der Waals surface area contributed by atoms with Crippen molar-refractivity contribution in [3.8, 4) is 0 Å².